The number of nitrogens with one attached hydrogen (secondary N) is 1. The summed E-state index contributed by atoms with van der Waals surface area (Å²) >= 11 is 0. The van der Waals surface area contributed by atoms with Crippen molar-refractivity contribution in [2.24, 2.45) is 0 Å². The zero-order valence-electron chi connectivity index (χ0n) is 18.4. The monoisotopic (exact) mass is 416 g/mol. The fraction of sp³-hybridized carbons (Fsp3) is 0.333. The Kier molecular flexibility index (Phi) is 5.84. The average Bonchev–Trinajstić information content (AvgIpc) is 3.40. The van der Waals surface area contributed by atoms with Crippen LogP contribution in [0.1, 0.15) is 61.3 Å². The van der Waals surface area contributed by atoms with Crippen LogP contribution in [0, 0.1) is 0 Å². The lowest BCUT2D eigenvalue weighted by atomic mass is 10.0. The molecule has 160 valence electrons. The highest BCUT2D eigenvalue weighted by atomic mass is 16.1. The molecule has 7 heteroatoms. The second-order valence-electron chi connectivity index (χ2n) is 8.30. The molecular formula is C24H28N6O. The van der Waals surface area contributed by atoms with Gasteiger partial charge in [-0.2, -0.15) is 10.2 Å². The van der Waals surface area contributed by atoms with Gasteiger partial charge >= 0.3 is 0 Å². The van der Waals surface area contributed by atoms with Gasteiger partial charge in [0.15, 0.2) is 5.65 Å². The van der Waals surface area contributed by atoms with E-state index in [0.29, 0.717) is 18.5 Å². The van der Waals surface area contributed by atoms with E-state index in [0.717, 1.165) is 28.0 Å². The molecule has 3 aromatic heterocycles. The Morgan fingerprint density at radius 2 is 1.84 bits per heavy atom. The van der Waals surface area contributed by atoms with Crippen molar-refractivity contribution in [1.29, 1.82) is 0 Å². The molecule has 0 radical (unpaired) electrons. The number of carbonyl (C=O) groups is 1. The standard InChI is InChI=1S/C24H28N6O/c1-16(2)22-12-20(21-14-27-30(17(3)4)23(21)28-22)24(31)25-11-10-18-13-26-29(15-18)19-8-6-5-7-9-19/h5-9,12-17H,10-11H2,1-4H3,(H,25,31). The number of nitrogens with zero attached hydrogens (tertiary/aromatic N) is 5. The first-order valence-corrected chi connectivity index (χ1v) is 10.7. The van der Waals surface area contributed by atoms with E-state index >= 15 is 0 Å². The molecule has 1 N–H and O–H groups in total. The van der Waals surface area contributed by atoms with Crippen LogP contribution in [0.25, 0.3) is 16.7 Å². The van der Waals surface area contributed by atoms with E-state index in [1.807, 2.05) is 58.2 Å². The summed E-state index contributed by atoms with van der Waals surface area (Å²) in [5.74, 6) is 0.114. The Hall–Kier alpha value is -3.48. The summed E-state index contributed by atoms with van der Waals surface area (Å²) in [6.45, 7) is 8.81. The minimum Gasteiger partial charge on any atom is -0.352 e. The van der Waals surface area contributed by atoms with Crippen molar-refractivity contribution in [1.82, 2.24) is 29.9 Å². The molecule has 0 spiro atoms. The molecule has 0 saturated heterocycles. The van der Waals surface area contributed by atoms with Gasteiger partial charge in [-0.05, 0) is 49.9 Å². The van der Waals surface area contributed by atoms with E-state index in [1.165, 1.54) is 0 Å². The quantitative estimate of drug-likeness (QED) is 0.487. The number of para-hydroxylation sites is 1. The van der Waals surface area contributed by atoms with Gasteiger partial charge in [0.05, 0.1) is 29.0 Å². The van der Waals surface area contributed by atoms with Crippen molar-refractivity contribution < 1.29 is 4.79 Å². The summed E-state index contributed by atoms with van der Waals surface area (Å²) in [5, 5.41) is 12.7. The van der Waals surface area contributed by atoms with Crippen LogP contribution < -0.4 is 5.32 Å². The fourth-order valence-electron chi connectivity index (χ4n) is 3.53. The number of benzene rings is 1. The molecule has 31 heavy (non-hydrogen) atoms. The van der Waals surface area contributed by atoms with Gasteiger partial charge in [-0.25, -0.2) is 14.3 Å². The fourth-order valence-corrected chi connectivity index (χ4v) is 3.53. The van der Waals surface area contributed by atoms with Crippen LogP contribution in [-0.4, -0.2) is 37.0 Å². The lowest BCUT2D eigenvalue weighted by Crippen LogP contribution is -2.26. The maximum absolute atomic E-state index is 13.0. The summed E-state index contributed by atoms with van der Waals surface area (Å²) in [4.78, 5) is 17.8. The Labute approximate surface area is 182 Å². The van der Waals surface area contributed by atoms with E-state index in [-0.39, 0.29) is 17.9 Å². The largest absolute Gasteiger partial charge is 0.352 e. The van der Waals surface area contributed by atoms with Crippen molar-refractivity contribution in [3.8, 4) is 5.69 Å². The van der Waals surface area contributed by atoms with Gasteiger partial charge in [-0.15, -0.1) is 0 Å². The predicted octanol–water partition coefficient (Wildman–Crippen LogP) is 4.29. The average molecular weight is 417 g/mol. The summed E-state index contributed by atoms with van der Waals surface area (Å²) < 4.78 is 3.72. The van der Waals surface area contributed by atoms with Crippen molar-refractivity contribution in [2.45, 2.75) is 46.1 Å². The molecule has 0 unspecified atom stereocenters. The van der Waals surface area contributed by atoms with E-state index in [4.69, 9.17) is 4.98 Å². The summed E-state index contributed by atoms with van der Waals surface area (Å²) in [6, 6.07) is 12.0. The SMILES string of the molecule is CC(C)c1cc(C(=O)NCCc2cnn(-c3ccccc3)c2)c2cnn(C(C)C)c2n1. The van der Waals surface area contributed by atoms with Gasteiger partial charge in [0.25, 0.3) is 5.91 Å². The molecule has 4 rings (SSSR count). The molecule has 7 nitrogen and oxygen atoms in total. The molecule has 0 aliphatic heterocycles. The lowest BCUT2D eigenvalue weighted by Gasteiger charge is -2.12. The molecule has 3 heterocycles. The molecule has 1 aromatic carbocycles. The number of amides is 1. The normalized spacial score (nSPS) is 11.5. The highest BCUT2D eigenvalue weighted by molar-refractivity contribution is 6.05. The minimum atomic E-state index is -0.104. The van der Waals surface area contributed by atoms with Gasteiger partial charge in [0.2, 0.25) is 0 Å². The molecule has 0 fully saturated rings. The highest BCUT2D eigenvalue weighted by Gasteiger charge is 2.18. The van der Waals surface area contributed by atoms with Crippen LogP contribution in [0.5, 0.6) is 0 Å². The van der Waals surface area contributed by atoms with Crippen LogP contribution in [0.4, 0.5) is 0 Å². The van der Waals surface area contributed by atoms with Gasteiger partial charge in [-0.1, -0.05) is 32.0 Å². The maximum Gasteiger partial charge on any atom is 0.252 e. The van der Waals surface area contributed by atoms with Crippen molar-refractivity contribution >= 4 is 16.9 Å². The van der Waals surface area contributed by atoms with Gasteiger partial charge in [0.1, 0.15) is 0 Å². The summed E-state index contributed by atoms with van der Waals surface area (Å²) in [7, 11) is 0. The Morgan fingerprint density at radius 1 is 1.06 bits per heavy atom. The molecule has 4 aromatic rings. The van der Waals surface area contributed by atoms with Gasteiger partial charge in [-0.3, -0.25) is 4.79 Å². The Bertz CT molecular complexity index is 1190. The number of hydrogen-bond acceptors (Lipinski definition) is 4. The van der Waals surface area contributed by atoms with Crippen molar-refractivity contribution in [2.75, 3.05) is 6.54 Å². The highest BCUT2D eigenvalue weighted by Crippen LogP contribution is 2.24. The maximum atomic E-state index is 13.0. The minimum absolute atomic E-state index is 0.104. The van der Waals surface area contributed by atoms with Crippen LogP contribution in [0.2, 0.25) is 0 Å². The predicted molar refractivity (Wildman–Crippen MR) is 122 cm³/mol. The Balaban J connectivity index is 1.49. The summed E-state index contributed by atoms with van der Waals surface area (Å²) in [6.07, 6.45) is 6.28. The molecule has 0 bridgehead atoms. The number of aromatic nitrogens is 5. The van der Waals surface area contributed by atoms with Crippen molar-refractivity contribution in [3.63, 3.8) is 0 Å². The topological polar surface area (TPSA) is 77.6 Å². The number of pyridine rings is 1. The molecule has 0 aliphatic carbocycles. The van der Waals surface area contributed by atoms with E-state index in [9.17, 15) is 4.79 Å². The smallest absolute Gasteiger partial charge is 0.252 e. The van der Waals surface area contributed by atoms with Crippen LogP contribution in [0.15, 0.2) is 55.0 Å². The number of carbonyl (C=O) groups excluding carboxylic acids is 1. The third-order valence-electron chi connectivity index (χ3n) is 5.27. The lowest BCUT2D eigenvalue weighted by molar-refractivity contribution is 0.0955. The van der Waals surface area contributed by atoms with Gasteiger partial charge < -0.3 is 5.32 Å². The van der Waals surface area contributed by atoms with Gasteiger partial charge in [0, 0.05) is 24.5 Å². The third-order valence-corrected chi connectivity index (χ3v) is 5.27. The molecule has 1 amide bonds. The van der Waals surface area contributed by atoms with Crippen LogP contribution in [-0.2, 0) is 6.42 Å². The van der Waals surface area contributed by atoms with Crippen molar-refractivity contribution in [3.05, 3.63) is 71.8 Å². The zero-order valence-corrected chi connectivity index (χ0v) is 18.4. The first-order chi connectivity index (χ1) is 14.9. The number of fused-ring (bicyclic) bond motifs is 1. The second-order valence-corrected chi connectivity index (χ2v) is 8.30. The first-order valence-electron chi connectivity index (χ1n) is 10.7. The van der Waals surface area contributed by atoms with E-state index in [2.05, 4.69) is 43.2 Å². The van der Waals surface area contributed by atoms with Crippen LogP contribution in [0.3, 0.4) is 0 Å². The zero-order chi connectivity index (χ0) is 22.0. The first kappa shape index (κ1) is 20.8. The number of hydrogen-bond donors (Lipinski definition) is 1. The second kappa shape index (κ2) is 8.71. The molecular weight excluding hydrogens is 388 g/mol. The van der Waals surface area contributed by atoms with E-state index in [1.54, 1.807) is 6.20 Å². The van der Waals surface area contributed by atoms with E-state index < -0.39 is 0 Å². The number of rotatable bonds is 7. The Morgan fingerprint density at radius 3 is 2.55 bits per heavy atom. The third kappa shape index (κ3) is 4.35. The summed E-state index contributed by atoms with van der Waals surface area (Å²) in [5.41, 5.74) is 4.36. The molecule has 0 saturated carbocycles. The molecule has 0 aliphatic rings. The molecule has 0 atom stereocenters. The van der Waals surface area contributed by atoms with Crippen LogP contribution >= 0.6 is 0 Å².